The molecule has 0 radical (unpaired) electrons. The molecule has 1 heterocycles. The zero-order valence-electron chi connectivity index (χ0n) is 20.3. The van der Waals surface area contributed by atoms with Crippen molar-refractivity contribution in [1.29, 1.82) is 0 Å². The van der Waals surface area contributed by atoms with Crippen molar-refractivity contribution in [2.45, 2.75) is 90.1 Å². The number of carbonyl (C=O) groups is 1. The average Bonchev–Trinajstić information content (AvgIpc) is 2.85. The topological polar surface area (TPSA) is 115 Å². The number of benzene rings is 1. The summed E-state index contributed by atoms with van der Waals surface area (Å²) in [5.74, 6) is 0.0657. The number of aromatic nitrogens is 3. The molecule has 0 spiro atoms. The van der Waals surface area contributed by atoms with Gasteiger partial charge in [0, 0.05) is 18.1 Å². The summed E-state index contributed by atoms with van der Waals surface area (Å²) in [5.41, 5.74) is 0.989. The molecule has 0 saturated carbocycles. The smallest absolute Gasteiger partial charge is 0.305 e. The predicted molar refractivity (Wildman–Crippen MR) is 130 cm³/mol. The Balaban J connectivity index is 1.51. The van der Waals surface area contributed by atoms with Crippen LogP contribution in [0.3, 0.4) is 0 Å². The number of hydrogen-bond acceptors (Lipinski definition) is 8. The highest BCUT2D eigenvalue weighted by atomic mass is 16.5. The number of rotatable bonds is 18. The Bertz CT molecular complexity index is 819. The van der Waals surface area contributed by atoms with Crippen LogP contribution in [0.4, 0.5) is 0 Å². The lowest BCUT2D eigenvalue weighted by Gasteiger charge is -2.13. The van der Waals surface area contributed by atoms with Gasteiger partial charge in [-0.3, -0.25) is 4.79 Å². The minimum Gasteiger partial charge on any atom is -0.507 e. The molecule has 8 nitrogen and oxygen atoms in total. The molecule has 2 rings (SSSR count). The van der Waals surface area contributed by atoms with Crippen LogP contribution in [0.1, 0.15) is 84.0 Å². The molecular weight excluding hydrogens is 434 g/mol. The summed E-state index contributed by atoms with van der Waals surface area (Å²) in [6.07, 6.45) is 14.4. The molecule has 0 aliphatic heterocycles. The predicted octanol–water partition coefficient (Wildman–Crippen LogP) is 5.23. The highest BCUT2D eigenvalue weighted by Crippen LogP contribution is 2.30. The number of aliphatic hydroxyl groups excluding tert-OH is 1. The Hall–Kier alpha value is -2.74. The molecule has 0 aliphatic rings. The number of phenols is 1. The van der Waals surface area contributed by atoms with Crippen LogP contribution < -0.4 is 4.74 Å². The van der Waals surface area contributed by atoms with Crippen molar-refractivity contribution in [2.24, 2.45) is 0 Å². The molecular formula is C26H39N3O5. The van der Waals surface area contributed by atoms with Gasteiger partial charge in [0.2, 0.25) is 0 Å². The van der Waals surface area contributed by atoms with Gasteiger partial charge in [0.05, 0.1) is 11.9 Å². The number of nitrogens with zero attached hydrogens (tertiary/aromatic N) is 3. The average molecular weight is 474 g/mol. The number of unbranched alkanes of at least 4 members (excludes halogenated alkanes) is 10. The SMILES string of the molecule is CCCCCCCCCCCCCC(=O)OCC(O)COc1ccc(-c2ccnnn2)c(O)c1. The van der Waals surface area contributed by atoms with Crippen molar-refractivity contribution >= 4 is 5.97 Å². The normalized spacial score (nSPS) is 11.8. The van der Waals surface area contributed by atoms with E-state index >= 15 is 0 Å². The molecule has 2 aromatic rings. The quantitative estimate of drug-likeness (QED) is 0.223. The second kappa shape index (κ2) is 16.8. The molecule has 8 heteroatoms. The minimum atomic E-state index is -0.950. The molecule has 0 saturated heterocycles. The van der Waals surface area contributed by atoms with Gasteiger partial charge in [-0.15, -0.1) is 10.2 Å². The van der Waals surface area contributed by atoms with E-state index < -0.39 is 6.10 Å². The fraction of sp³-hybridized carbons (Fsp3) is 0.615. The third-order valence-electron chi connectivity index (χ3n) is 5.61. The van der Waals surface area contributed by atoms with Gasteiger partial charge < -0.3 is 19.7 Å². The molecule has 1 atom stereocenters. The maximum Gasteiger partial charge on any atom is 0.305 e. The van der Waals surface area contributed by atoms with Crippen LogP contribution in [-0.4, -0.2) is 50.9 Å². The molecule has 1 unspecified atom stereocenters. The number of carbonyl (C=O) groups excluding carboxylic acids is 1. The second-order valence-electron chi connectivity index (χ2n) is 8.62. The Labute approximate surface area is 202 Å². The maximum absolute atomic E-state index is 11.9. The summed E-state index contributed by atoms with van der Waals surface area (Å²) in [6, 6.07) is 6.37. The van der Waals surface area contributed by atoms with Gasteiger partial charge in [0.1, 0.15) is 30.8 Å². The summed E-state index contributed by atoms with van der Waals surface area (Å²) in [7, 11) is 0. The Morgan fingerprint density at radius 3 is 2.24 bits per heavy atom. The first-order valence-electron chi connectivity index (χ1n) is 12.5. The van der Waals surface area contributed by atoms with E-state index in [1.165, 1.54) is 63.6 Å². The van der Waals surface area contributed by atoms with E-state index in [9.17, 15) is 15.0 Å². The van der Waals surface area contributed by atoms with Crippen molar-refractivity contribution in [2.75, 3.05) is 13.2 Å². The van der Waals surface area contributed by atoms with E-state index in [1.807, 2.05) is 0 Å². The van der Waals surface area contributed by atoms with Gasteiger partial charge in [0.15, 0.2) is 0 Å². The van der Waals surface area contributed by atoms with E-state index in [4.69, 9.17) is 9.47 Å². The van der Waals surface area contributed by atoms with Crippen molar-refractivity contribution in [3.63, 3.8) is 0 Å². The van der Waals surface area contributed by atoms with Crippen LogP contribution >= 0.6 is 0 Å². The van der Waals surface area contributed by atoms with E-state index in [0.29, 0.717) is 23.4 Å². The highest BCUT2D eigenvalue weighted by molar-refractivity contribution is 5.69. The standard InChI is InChI=1S/C26H39N3O5/c1-2-3-4-5-6-7-8-9-10-11-12-13-26(32)34-20-21(30)19-33-22-14-15-23(25(31)18-22)24-16-17-27-29-28-24/h14-18,21,30-31H,2-13,19-20H2,1H3. The van der Waals surface area contributed by atoms with Gasteiger partial charge in [-0.2, -0.15) is 0 Å². The van der Waals surface area contributed by atoms with Gasteiger partial charge in [-0.25, -0.2) is 0 Å². The van der Waals surface area contributed by atoms with E-state index in [2.05, 4.69) is 22.3 Å². The highest BCUT2D eigenvalue weighted by Gasteiger charge is 2.12. The van der Waals surface area contributed by atoms with Crippen LogP contribution in [0.2, 0.25) is 0 Å². The molecule has 34 heavy (non-hydrogen) atoms. The number of phenolic OH excluding ortho intramolecular Hbond substituents is 1. The summed E-state index contributed by atoms with van der Waals surface area (Å²) in [5, 5.41) is 31.2. The monoisotopic (exact) mass is 473 g/mol. The first kappa shape index (κ1) is 27.5. The first-order valence-corrected chi connectivity index (χ1v) is 12.5. The Morgan fingerprint density at radius 2 is 1.62 bits per heavy atom. The van der Waals surface area contributed by atoms with Crippen LogP contribution in [-0.2, 0) is 9.53 Å². The van der Waals surface area contributed by atoms with Crippen molar-refractivity contribution in [3.05, 3.63) is 30.5 Å². The summed E-state index contributed by atoms with van der Waals surface area (Å²) < 4.78 is 10.6. The zero-order valence-corrected chi connectivity index (χ0v) is 20.3. The van der Waals surface area contributed by atoms with Crippen molar-refractivity contribution < 1.29 is 24.5 Å². The first-order chi connectivity index (χ1) is 16.6. The van der Waals surface area contributed by atoms with E-state index in [1.54, 1.807) is 18.2 Å². The Kier molecular flexibility index (Phi) is 13.6. The van der Waals surface area contributed by atoms with Gasteiger partial charge in [0.25, 0.3) is 0 Å². The minimum absolute atomic E-state index is 0.0223. The maximum atomic E-state index is 11.9. The fourth-order valence-corrected chi connectivity index (χ4v) is 3.64. The number of ether oxygens (including phenoxy) is 2. The lowest BCUT2D eigenvalue weighted by Crippen LogP contribution is -2.25. The molecule has 188 valence electrons. The summed E-state index contributed by atoms with van der Waals surface area (Å²) >= 11 is 0. The molecule has 0 fully saturated rings. The Morgan fingerprint density at radius 1 is 0.941 bits per heavy atom. The lowest BCUT2D eigenvalue weighted by molar-refractivity contribution is -0.147. The van der Waals surface area contributed by atoms with Crippen LogP contribution in [0.15, 0.2) is 30.5 Å². The molecule has 2 N–H and O–H groups in total. The second-order valence-corrected chi connectivity index (χ2v) is 8.62. The lowest BCUT2D eigenvalue weighted by atomic mass is 10.1. The van der Waals surface area contributed by atoms with Gasteiger partial charge >= 0.3 is 5.97 Å². The zero-order chi connectivity index (χ0) is 24.4. The number of esters is 1. The van der Waals surface area contributed by atoms with E-state index in [-0.39, 0.29) is 24.9 Å². The summed E-state index contributed by atoms with van der Waals surface area (Å²) in [4.78, 5) is 11.9. The van der Waals surface area contributed by atoms with Crippen molar-refractivity contribution in [1.82, 2.24) is 15.4 Å². The number of aromatic hydroxyl groups is 1. The summed E-state index contributed by atoms with van der Waals surface area (Å²) in [6.45, 7) is 2.06. The molecule has 1 aromatic carbocycles. The molecule has 0 bridgehead atoms. The van der Waals surface area contributed by atoms with Gasteiger partial charge in [-0.1, -0.05) is 71.1 Å². The third-order valence-corrected chi connectivity index (χ3v) is 5.61. The number of aliphatic hydroxyl groups is 1. The van der Waals surface area contributed by atoms with E-state index in [0.717, 1.165) is 19.3 Å². The van der Waals surface area contributed by atoms with Crippen LogP contribution in [0.5, 0.6) is 11.5 Å². The van der Waals surface area contributed by atoms with Crippen LogP contribution in [0, 0.1) is 0 Å². The largest absolute Gasteiger partial charge is 0.507 e. The molecule has 0 amide bonds. The fourth-order valence-electron chi connectivity index (χ4n) is 3.64. The van der Waals surface area contributed by atoms with Gasteiger partial charge in [-0.05, 0) is 29.8 Å². The van der Waals surface area contributed by atoms with Crippen molar-refractivity contribution in [3.8, 4) is 22.8 Å². The molecule has 0 aliphatic carbocycles. The third kappa shape index (κ3) is 11.4. The molecule has 1 aromatic heterocycles. The van der Waals surface area contributed by atoms with Crippen LogP contribution in [0.25, 0.3) is 11.3 Å². The number of hydrogen-bond donors (Lipinski definition) is 2.